The van der Waals surface area contributed by atoms with Gasteiger partial charge in [-0.15, -0.1) is 5.10 Å². The van der Waals surface area contributed by atoms with Crippen molar-refractivity contribution in [3.8, 4) is 0 Å². The Morgan fingerprint density at radius 3 is 2.62 bits per heavy atom. The number of piperidine rings is 1. The zero-order valence-corrected chi connectivity index (χ0v) is 13.0. The molecule has 0 unspecified atom stereocenters. The third-order valence-electron chi connectivity index (χ3n) is 4.64. The SMILES string of the molecule is CCCCn1nnnc1CN1CCC(CC)(C(=O)O)CC1. The molecule has 0 saturated carbocycles. The lowest BCUT2D eigenvalue weighted by atomic mass is 9.76. The predicted molar refractivity (Wildman–Crippen MR) is 77.6 cm³/mol. The number of unbranched alkanes of at least 4 members (excludes halogenated alkanes) is 1. The molecule has 0 bridgehead atoms. The number of carbonyl (C=O) groups is 1. The first-order chi connectivity index (χ1) is 10.1. The fraction of sp³-hybridized carbons (Fsp3) is 0.857. The van der Waals surface area contributed by atoms with Gasteiger partial charge in [0.2, 0.25) is 0 Å². The molecule has 118 valence electrons. The van der Waals surface area contributed by atoms with E-state index in [1.807, 2.05) is 11.6 Å². The lowest BCUT2D eigenvalue weighted by molar-refractivity contribution is -0.152. The standard InChI is InChI=1S/C14H25N5O2/c1-3-5-8-19-12(15-16-17-19)11-18-9-6-14(4-2,7-10-18)13(20)21/h3-11H2,1-2H3,(H,20,21). The molecule has 1 aliphatic rings. The second-order valence-electron chi connectivity index (χ2n) is 5.89. The van der Waals surface area contributed by atoms with E-state index in [-0.39, 0.29) is 0 Å². The summed E-state index contributed by atoms with van der Waals surface area (Å²) in [6.45, 7) is 7.25. The van der Waals surface area contributed by atoms with Crippen LogP contribution in [0.4, 0.5) is 0 Å². The lowest BCUT2D eigenvalue weighted by Gasteiger charge is -2.38. The summed E-state index contributed by atoms with van der Waals surface area (Å²) in [4.78, 5) is 13.7. The van der Waals surface area contributed by atoms with Crippen LogP contribution in [0.15, 0.2) is 0 Å². The molecule has 1 aromatic heterocycles. The Morgan fingerprint density at radius 2 is 2.05 bits per heavy atom. The number of tetrazole rings is 1. The first kappa shape index (κ1) is 15.9. The normalized spacial score (nSPS) is 18.8. The van der Waals surface area contributed by atoms with Gasteiger partial charge in [0.1, 0.15) is 0 Å². The summed E-state index contributed by atoms with van der Waals surface area (Å²) in [6, 6.07) is 0. The molecule has 0 amide bonds. The highest BCUT2D eigenvalue weighted by atomic mass is 16.4. The topological polar surface area (TPSA) is 84.1 Å². The fourth-order valence-electron chi connectivity index (χ4n) is 2.88. The van der Waals surface area contributed by atoms with Crippen LogP contribution in [0.25, 0.3) is 0 Å². The number of carboxylic acids is 1. The third kappa shape index (κ3) is 3.58. The van der Waals surface area contributed by atoms with Gasteiger partial charge < -0.3 is 5.11 Å². The van der Waals surface area contributed by atoms with E-state index < -0.39 is 11.4 Å². The van der Waals surface area contributed by atoms with E-state index in [4.69, 9.17) is 0 Å². The summed E-state index contributed by atoms with van der Waals surface area (Å²) in [7, 11) is 0. The summed E-state index contributed by atoms with van der Waals surface area (Å²) in [5.74, 6) is 0.222. The minimum Gasteiger partial charge on any atom is -0.481 e. The van der Waals surface area contributed by atoms with E-state index in [1.54, 1.807) is 0 Å². The minimum atomic E-state index is -0.655. The van der Waals surface area contributed by atoms with Crippen molar-refractivity contribution in [2.24, 2.45) is 5.41 Å². The van der Waals surface area contributed by atoms with Crippen molar-refractivity contribution < 1.29 is 9.90 Å². The molecule has 0 aliphatic carbocycles. The van der Waals surface area contributed by atoms with Gasteiger partial charge in [-0.25, -0.2) is 4.68 Å². The maximum atomic E-state index is 11.4. The van der Waals surface area contributed by atoms with Crippen molar-refractivity contribution in [2.45, 2.75) is 59.0 Å². The van der Waals surface area contributed by atoms with Crippen LogP contribution in [-0.2, 0) is 17.9 Å². The Morgan fingerprint density at radius 1 is 1.33 bits per heavy atom. The van der Waals surface area contributed by atoms with Crippen LogP contribution in [-0.4, -0.2) is 49.3 Å². The Kier molecular flexibility index (Phi) is 5.27. The van der Waals surface area contributed by atoms with E-state index in [1.165, 1.54) is 0 Å². The Labute approximate surface area is 125 Å². The predicted octanol–water partition coefficient (Wildman–Crippen LogP) is 1.55. The molecule has 1 aliphatic heterocycles. The zero-order valence-electron chi connectivity index (χ0n) is 13.0. The van der Waals surface area contributed by atoms with E-state index in [2.05, 4.69) is 27.3 Å². The first-order valence-corrected chi connectivity index (χ1v) is 7.82. The quantitative estimate of drug-likeness (QED) is 0.821. The smallest absolute Gasteiger partial charge is 0.309 e. The third-order valence-corrected chi connectivity index (χ3v) is 4.64. The van der Waals surface area contributed by atoms with Gasteiger partial charge in [0.15, 0.2) is 5.82 Å². The Hall–Kier alpha value is -1.50. The fourth-order valence-corrected chi connectivity index (χ4v) is 2.88. The minimum absolute atomic E-state index is 0.537. The van der Waals surface area contributed by atoms with Crippen LogP contribution in [0.2, 0.25) is 0 Å². The van der Waals surface area contributed by atoms with Crippen molar-refractivity contribution in [1.29, 1.82) is 0 Å². The molecule has 1 saturated heterocycles. The van der Waals surface area contributed by atoms with Gasteiger partial charge in [0.25, 0.3) is 0 Å². The number of likely N-dealkylation sites (tertiary alicyclic amines) is 1. The molecule has 0 radical (unpaired) electrons. The largest absolute Gasteiger partial charge is 0.481 e. The Balaban J connectivity index is 1.92. The molecule has 21 heavy (non-hydrogen) atoms. The van der Waals surface area contributed by atoms with Crippen LogP contribution < -0.4 is 0 Å². The van der Waals surface area contributed by atoms with Gasteiger partial charge in [0.05, 0.1) is 12.0 Å². The van der Waals surface area contributed by atoms with Crippen LogP contribution in [0.5, 0.6) is 0 Å². The zero-order chi connectivity index (χ0) is 15.3. The molecular weight excluding hydrogens is 270 g/mol. The Bertz CT molecular complexity index is 466. The number of carboxylic acid groups (broad SMARTS) is 1. The maximum absolute atomic E-state index is 11.4. The summed E-state index contributed by atoms with van der Waals surface area (Å²) >= 11 is 0. The van der Waals surface area contributed by atoms with Gasteiger partial charge in [-0.1, -0.05) is 20.3 Å². The summed E-state index contributed by atoms with van der Waals surface area (Å²) in [5.41, 5.74) is -0.537. The second kappa shape index (κ2) is 6.98. The molecule has 1 N–H and O–H groups in total. The molecule has 0 spiro atoms. The summed E-state index contributed by atoms with van der Waals surface area (Å²) in [5, 5.41) is 21.3. The van der Waals surface area contributed by atoms with Gasteiger partial charge >= 0.3 is 5.97 Å². The molecule has 7 nitrogen and oxygen atoms in total. The van der Waals surface area contributed by atoms with Crippen LogP contribution >= 0.6 is 0 Å². The maximum Gasteiger partial charge on any atom is 0.309 e. The average Bonchev–Trinajstić information content (AvgIpc) is 2.93. The molecule has 0 aromatic carbocycles. The molecular formula is C14H25N5O2. The highest BCUT2D eigenvalue weighted by molar-refractivity contribution is 5.74. The van der Waals surface area contributed by atoms with Crippen molar-refractivity contribution in [3.63, 3.8) is 0 Å². The lowest BCUT2D eigenvalue weighted by Crippen LogP contribution is -2.44. The van der Waals surface area contributed by atoms with Crippen LogP contribution in [0.3, 0.4) is 0 Å². The average molecular weight is 295 g/mol. The highest BCUT2D eigenvalue weighted by Crippen LogP contribution is 2.35. The number of hydrogen-bond donors (Lipinski definition) is 1. The molecule has 2 heterocycles. The van der Waals surface area contributed by atoms with Gasteiger partial charge in [-0.2, -0.15) is 0 Å². The van der Waals surface area contributed by atoms with E-state index in [0.717, 1.165) is 38.3 Å². The van der Waals surface area contributed by atoms with Crippen molar-refractivity contribution >= 4 is 5.97 Å². The van der Waals surface area contributed by atoms with Gasteiger partial charge in [0, 0.05) is 6.54 Å². The number of aliphatic carboxylic acids is 1. The van der Waals surface area contributed by atoms with Gasteiger partial charge in [-0.05, 0) is 49.2 Å². The van der Waals surface area contributed by atoms with Crippen LogP contribution in [0, 0.1) is 5.41 Å². The number of aromatic nitrogens is 4. The van der Waals surface area contributed by atoms with E-state index in [9.17, 15) is 9.90 Å². The van der Waals surface area contributed by atoms with Gasteiger partial charge in [-0.3, -0.25) is 9.69 Å². The molecule has 0 atom stereocenters. The number of rotatable bonds is 7. The number of aryl methyl sites for hydroxylation is 1. The summed E-state index contributed by atoms with van der Waals surface area (Å²) in [6.07, 6.45) is 4.28. The molecule has 7 heteroatoms. The second-order valence-corrected chi connectivity index (χ2v) is 5.89. The van der Waals surface area contributed by atoms with Crippen molar-refractivity contribution in [3.05, 3.63) is 5.82 Å². The molecule has 2 rings (SSSR count). The summed E-state index contributed by atoms with van der Waals surface area (Å²) < 4.78 is 1.86. The molecule has 1 fully saturated rings. The monoisotopic (exact) mass is 295 g/mol. The van der Waals surface area contributed by atoms with E-state index >= 15 is 0 Å². The van der Waals surface area contributed by atoms with Crippen molar-refractivity contribution in [2.75, 3.05) is 13.1 Å². The highest BCUT2D eigenvalue weighted by Gasteiger charge is 2.39. The number of nitrogens with zero attached hydrogens (tertiary/aromatic N) is 5. The number of hydrogen-bond acceptors (Lipinski definition) is 5. The first-order valence-electron chi connectivity index (χ1n) is 7.82. The van der Waals surface area contributed by atoms with E-state index in [0.29, 0.717) is 25.8 Å². The van der Waals surface area contributed by atoms with Crippen molar-refractivity contribution in [1.82, 2.24) is 25.1 Å². The van der Waals surface area contributed by atoms with Crippen LogP contribution in [0.1, 0.15) is 51.8 Å². The molecule has 1 aromatic rings.